The molecule has 1 aromatic carbocycles. The van der Waals surface area contributed by atoms with Crippen LogP contribution in [0.15, 0.2) is 41.3 Å². The zero-order valence-electron chi connectivity index (χ0n) is 21.8. The number of aliphatic hydroxyl groups is 1. The summed E-state index contributed by atoms with van der Waals surface area (Å²) in [6.07, 6.45) is 5.11. The number of carbonyl (C=O) groups is 1. The van der Waals surface area contributed by atoms with Crippen molar-refractivity contribution in [3.63, 3.8) is 0 Å². The molecule has 1 saturated carbocycles. The van der Waals surface area contributed by atoms with E-state index in [1.165, 1.54) is 25.0 Å². The minimum Gasteiger partial charge on any atom is -0.391 e. The van der Waals surface area contributed by atoms with Gasteiger partial charge in [0.1, 0.15) is 11.6 Å². The lowest BCUT2D eigenvalue weighted by molar-refractivity contribution is 0.102. The predicted octanol–water partition coefficient (Wildman–Crippen LogP) is 3.36. The largest absolute Gasteiger partial charge is 0.391 e. The van der Waals surface area contributed by atoms with Crippen molar-refractivity contribution >= 4 is 33.3 Å². The summed E-state index contributed by atoms with van der Waals surface area (Å²) in [5, 5.41) is 12.9. The van der Waals surface area contributed by atoms with Gasteiger partial charge in [-0.15, -0.1) is 0 Å². The van der Waals surface area contributed by atoms with E-state index in [-0.39, 0.29) is 16.9 Å². The molecule has 9 nitrogen and oxygen atoms in total. The average molecular weight is 528 g/mol. The van der Waals surface area contributed by atoms with Crippen molar-refractivity contribution in [2.24, 2.45) is 5.41 Å². The number of rotatable bonds is 6. The molecule has 3 fully saturated rings. The standard InChI is InChI=1S/C27H37N5O4S/c1-26(2,3)30-37(35,36)21-6-4-5-19(17-21)28-25(34)22-7-8-23(32-14-9-20(33)18-32)29-24(22)31-15-12-27(10-11-27)13-16-31/h4-8,17,20,30,33H,9-16,18H2,1-3H3,(H,28,34). The lowest BCUT2D eigenvalue weighted by Gasteiger charge is -2.34. The molecule has 37 heavy (non-hydrogen) atoms. The van der Waals surface area contributed by atoms with Gasteiger partial charge in [0.15, 0.2) is 0 Å². The van der Waals surface area contributed by atoms with Crippen LogP contribution in [0.5, 0.6) is 0 Å². The first-order chi connectivity index (χ1) is 17.4. The van der Waals surface area contributed by atoms with Crippen molar-refractivity contribution in [1.82, 2.24) is 9.71 Å². The number of sulfonamides is 1. The number of hydrogen-bond acceptors (Lipinski definition) is 7. The summed E-state index contributed by atoms with van der Waals surface area (Å²) in [4.78, 5) is 22.8. The minimum absolute atomic E-state index is 0.0901. The number of β-amino-alcohol motifs (C(OH)–C–C–N with tert-alkyl or cyclic N) is 1. The number of hydrogen-bond donors (Lipinski definition) is 3. The lowest BCUT2D eigenvalue weighted by Crippen LogP contribution is -2.40. The average Bonchev–Trinajstić information content (AvgIpc) is 3.44. The highest BCUT2D eigenvalue weighted by atomic mass is 32.2. The molecule has 0 radical (unpaired) electrons. The van der Waals surface area contributed by atoms with Crippen LogP contribution in [-0.2, 0) is 10.0 Å². The normalized spacial score (nSPS) is 21.4. The Balaban J connectivity index is 1.40. The minimum atomic E-state index is -3.74. The highest BCUT2D eigenvalue weighted by Crippen LogP contribution is 2.54. The van der Waals surface area contributed by atoms with E-state index in [1.807, 2.05) is 6.07 Å². The van der Waals surface area contributed by atoms with Crippen LogP contribution < -0.4 is 19.8 Å². The number of carbonyl (C=O) groups excluding carboxylic acids is 1. The van der Waals surface area contributed by atoms with Crippen molar-refractivity contribution < 1.29 is 18.3 Å². The molecule has 2 saturated heterocycles. The maximum absolute atomic E-state index is 13.5. The Morgan fingerprint density at radius 2 is 1.78 bits per heavy atom. The fourth-order valence-corrected chi connectivity index (χ4v) is 6.72. The summed E-state index contributed by atoms with van der Waals surface area (Å²) in [5.41, 5.74) is 0.716. The molecule has 200 valence electrons. The van der Waals surface area contributed by atoms with Crippen molar-refractivity contribution in [2.75, 3.05) is 41.3 Å². The Labute approximate surface area is 219 Å². The van der Waals surface area contributed by atoms with E-state index in [0.717, 1.165) is 38.3 Å². The van der Waals surface area contributed by atoms with Gasteiger partial charge in [-0.25, -0.2) is 18.1 Å². The lowest BCUT2D eigenvalue weighted by atomic mass is 9.93. The third kappa shape index (κ3) is 5.91. The molecule has 1 atom stereocenters. The van der Waals surface area contributed by atoms with Crippen LogP contribution in [0.3, 0.4) is 0 Å². The molecule has 0 bridgehead atoms. The van der Waals surface area contributed by atoms with Crippen molar-refractivity contribution in [2.45, 2.75) is 69.4 Å². The highest BCUT2D eigenvalue weighted by molar-refractivity contribution is 7.89. The number of aliphatic hydroxyl groups excluding tert-OH is 1. The van der Waals surface area contributed by atoms with Gasteiger partial charge in [-0.1, -0.05) is 6.07 Å². The third-order valence-electron chi connectivity index (χ3n) is 7.52. The number of pyridine rings is 1. The molecule has 5 rings (SSSR count). The predicted molar refractivity (Wildman–Crippen MR) is 145 cm³/mol. The summed E-state index contributed by atoms with van der Waals surface area (Å²) in [6, 6.07) is 9.90. The molecule has 3 aliphatic rings. The van der Waals surface area contributed by atoms with E-state index in [2.05, 4.69) is 19.8 Å². The topological polar surface area (TPSA) is 115 Å². The quantitative estimate of drug-likeness (QED) is 0.528. The molecular weight excluding hydrogens is 490 g/mol. The molecule has 3 N–H and O–H groups in total. The van der Waals surface area contributed by atoms with Gasteiger partial charge in [0.05, 0.1) is 16.6 Å². The fourth-order valence-electron chi connectivity index (χ4n) is 5.25. The van der Waals surface area contributed by atoms with Crippen LogP contribution in [0, 0.1) is 5.41 Å². The van der Waals surface area contributed by atoms with E-state index in [4.69, 9.17) is 4.98 Å². The molecule has 10 heteroatoms. The van der Waals surface area contributed by atoms with E-state index in [1.54, 1.807) is 39.0 Å². The molecule has 3 heterocycles. The Bertz CT molecular complexity index is 1280. The van der Waals surface area contributed by atoms with Gasteiger partial charge in [0.25, 0.3) is 5.91 Å². The van der Waals surface area contributed by atoms with Gasteiger partial charge in [0.2, 0.25) is 10.0 Å². The van der Waals surface area contributed by atoms with E-state index in [0.29, 0.717) is 35.4 Å². The Hall–Kier alpha value is -2.69. The second-order valence-corrected chi connectivity index (χ2v) is 13.4. The van der Waals surface area contributed by atoms with E-state index >= 15 is 0 Å². The number of amides is 1. The van der Waals surface area contributed by atoms with Gasteiger partial charge in [-0.2, -0.15) is 0 Å². The zero-order chi connectivity index (χ0) is 26.4. The molecule has 1 aliphatic carbocycles. The first kappa shape index (κ1) is 25.9. The molecule has 2 aliphatic heterocycles. The van der Waals surface area contributed by atoms with Gasteiger partial charge < -0.3 is 20.2 Å². The maximum atomic E-state index is 13.5. The summed E-state index contributed by atoms with van der Waals surface area (Å²) in [6.45, 7) is 8.31. The summed E-state index contributed by atoms with van der Waals surface area (Å²) < 4.78 is 28.2. The van der Waals surface area contributed by atoms with Crippen LogP contribution in [0.25, 0.3) is 0 Å². The zero-order valence-corrected chi connectivity index (χ0v) is 22.6. The molecule has 1 amide bonds. The van der Waals surface area contributed by atoms with Crippen LogP contribution in [0.2, 0.25) is 0 Å². The summed E-state index contributed by atoms with van der Waals surface area (Å²) in [5.74, 6) is 1.07. The van der Waals surface area contributed by atoms with Crippen LogP contribution in [-0.4, -0.2) is 62.2 Å². The first-order valence-electron chi connectivity index (χ1n) is 13.1. The number of nitrogens with one attached hydrogen (secondary N) is 2. The summed E-state index contributed by atoms with van der Waals surface area (Å²) >= 11 is 0. The third-order valence-corrected chi connectivity index (χ3v) is 9.27. The number of benzene rings is 1. The van der Waals surface area contributed by atoms with Crippen molar-refractivity contribution in [3.05, 3.63) is 42.0 Å². The highest BCUT2D eigenvalue weighted by Gasteiger charge is 2.45. The number of piperidine rings is 1. The number of nitrogens with zero attached hydrogens (tertiary/aromatic N) is 3. The van der Waals surface area contributed by atoms with Crippen molar-refractivity contribution in [3.8, 4) is 0 Å². The van der Waals surface area contributed by atoms with Gasteiger partial charge in [-0.3, -0.25) is 4.79 Å². The summed E-state index contributed by atoms with van der Waals surface area (Å²) in [7, 11) is -3.74. The van der Waals surface area contributed by atoms with Gasteiger partial charge >= 0.3 is 0 Å². The molecular formula is C27H37N5O4S. The molecule has 1 aromatic heterocycles. The molecule has 1 spiro atoms. The van der Waals surface area contributed by atoms with Crippen molar-refractivity contribution in [1.29, 1.82) is 0 Å². The van der Waals surface area contributed by atoms with Gasteiger partial charge in [0, 0.05) is 37.4 Å². The fraction of sp³-hybridized carbons (Fsp3) is 0.556. The second-order valence-electron chi connectivity index (χ2n) is 11.8. The number of anilines is 3. The SMILES string of the molecule is CC(C)(C)NS(=O)(=O)c1cccc(NC(=O)c2ccc(N3CCC(O)C3)nc2N2CCC3(CC2)CC3)c1. The Kier molecular flexibility index (Phi) is 6.70. The maximum Gasteiger partial charge on any atom is 0.259 e. The van der Waals surface area contributed by atoms with E-state index < -0.39 is 15.6 Å². The smallest absolute Gasteiger partial charge is 0.259 e. The second kappa shape index (κ2) is 9.56. The number of aromatic nitrogens is 1. The molecule has 2 aromatic rings. The van der Waals surface area contributed by atoms with Crippen LogP contribution in [0.1, 0.15) is 63.2 Å². The monoisotopic (exact) mass is 527 g/mol. The molecule has 1 unspecified atom stereocenters. The Morgan fingerprint density at radius 3 is 2.41 bits per heavy atom. The van der Waals surface area contributed by atoms with Gasteiger partial charge in [-0.05, 0) is 88.6 Å². The van der Waals surface area contributed by atoms with Crippen LogP contribution in [0.4, 0.5) is 17.3 Å². The van der Waals surface area contributed by atoms with E-state index in [9.17, 15) is 18.3 Å². The Morgan fingerprint density at radius 1 is 1.05 bits per heavy atom. The first-order valence-corrected chi connectivity index (χ1v) is 14.6. The van der Waals surface area contributed by atoms with Crippen LogP contribution >= 0.6 is 0 Å².